The number of nitriles is 1. The van der Waals surface area contributed by atoms with Gasteiger partial charge in [-0.15, -0.1) is 0 Å². The normalized spacial score (nSPS) is 19.5. The van der Waals surface area contributed by atoms with E-state index >= 15 is 0 Å². The Bertz CT molecular complexity index is 1240. The van der Waals surface area contributed by atoms with Gasteiger partial charge in [-0.1, -0.05) is 12.1 Å². The maximum atomic E-state index is 13.6. The van der Waals surface area contributed by atoms with Gasteiger partial charge in [-0.25, -0.2) is 0 Å². The van der Waals surface area contributed by atoms with Gasteiger partial charge in [0.2, 0.25) is 17.7 Å². The molecule has 2 atom stereocenters. The minimum Gasteiger partial charge on any atom is -0.359 e. The number of para-hydroxylation sites is 1. The molecule has 4 rings (SSSR count). The molecule has 10 heteroatoms. The standard InChI is InChI=1S/C27H35N7O3/c1-18-16-29-24-19(18)9-8-11-21(24)30-25(20(15-28)26(36)32(2)3)31-22-10-4-5-14-34(27(22)37)17-23(35)33-12-6-7-13-33/h8-9,11,16,20,22,29H,4-7,10,12-14,17H2,1-3H3,(H,30,31)/t20?,22-/m0/s1. The molecule has 0 radical (unpaired) electrons. The molecule has 3 heterocycles. The summed E-state index contributed by atoms with van der Waals surface area (Å²) < 4.78 is 0. The summed E-state index contributed by atoms with van der Waals surface area (Å²) in [6, 6.07) is 7.01. The Morgan fingerprint density at radius 3 is 2.65 bits per heavy atom. The first-order valence-electron chi connectivity index (χ1n) is 12.9. The van der Waals surface area contributed by atoms with Crippen molar-refractivity contribution in [1.82, 2.24) is 19.7 Å². The molecule has 3 amide bonds. The van der Waals surface area contributed by atoms with Crippen molar-refractivity contribution in [2.75, 3.05) is 45.6 Å². The van der Waals surface area contributed by atoms with Crippen molar-refractivity contribution in [1.29, 1.82) is 5.26 Å². The number of aliphatic imine (C=N–C) groups is 1. The van der Waals surface area contributed by atoms with E-state index in [1.54, 1.807) is 19.0 Å². The van der Waals surface area contributed by atoms with Crippen LogP contribution in [0.4, 0.5) is 5.69 Å². The average molecular weight is 506 g/mol. The summed E-state index contributed by atoms with van der Waals surface area (Å²) in [6.45, 7) is 3.99. The summed E-state index contributed by atoms with van der Waals surface area (Å²) >= 11 is 0. The fraction of sp³-hybridized carbons (Fsp3) is 0.519. The lowest BCUT2D eigenvalue weighted by atomic mass is 10.1. The SMILES string of the molecule is Cc1c[nH]c2c(NC(=N[C@H]3CCCCN(CC(=O)N4CCCC4)C3=O)C(C#N)C(=O)N(C)C)cccc12. The van der Waals surface area contributed by atoms with Crippen molar-refractivity contribution in [3.8, 4) is 6.07 Å². The number of carbonyl (C=O) groups excluding carboxylic acids is 3. The largest absolute Gasteiger partial charge is 0.359 e. The van der Waals surface area contributed by atoms with Crippen LogP contribution >= 0.6 is 0 Å². The molecule has 2 fully saturated rings. The van der Waals surface area contributed by atoms with E-state index in [0.717, 1.165) is 55.2 Å². The minimum absolute atomic E-state index is 0.0347. The number of hydrogen-bond acceptors (Lipinski definition) is 5. The Labute approximate surface area is 217 Å². The zero-order valence-corrected chi connectivity index (χ0v) is 21.8. The lowest BCUT2D eigenvalue weighted by Crippen LogP contribution is -2.45. The maximum Gasteiger partial charge on any atom is 0.247 e. The molecule has 2 aromatic rings. The highest BCUT2D eigenvalue weighted by Crippen LogP contribution is 2.26. The molecule has 1 aromatic heterocycles. The Balaban J connectivity index is 1.66. The van der Waals surface area contributed by atoms with Crippen LogP contribution in [0.25, 0.3) is 10.9 Å². The zero-order valence-electron chi connectivity index (χ0n) is 21.8. The monoisotopic (exact) mass is 505 g/mol. The van der Waals surface area contributed by atoms with Crippen molar-refractivity contribution in [3.63, 3.8) is 0 Å². The summed E-state index contributed by atoms with van der Waals surface area (Å²) in [5, 5.41) is 14.2. The molecule has 37 heavy (non-hydrogen) atoms. The number of aromatic nitrogens is 1. The van der Waals surface area contributed by atoms with Gasteiger partial charge >= 0.3 is 0 Å². The van der Waals surface area contributed by atoms with Crippen LogP contribution in [0.1, 0.15) is 37.7 Å². The van der Waals surface area contributed by atoms with Crippen LogP contribution < -0.4 is 5.32 Å². The number of fused-ring (bicyclic) bond motifs is 1. The van der Waals surface area contributed by atoms with Gasteiger partial charge in [0.05, 0.1) is 23.8 Å². The van der Waals surface area contributed by atoms with Crippen LogP contribution in [-0.4, -0.2) is 89.6 Å². The molecule has 1 unspecified atom stereocenters. The first-order valence-corrected chi connectivity index (χ1v) is 12.9. The molecular formula is C27H35N7O3. The van der Waals surface area contributed by atoms with E-state index in [1.165, 1.54) is 4.90 Å². The van der Waals surface area contributed by atoms with Gasteiger partial charge in [-0.05, 0) is 50.7 Å². The molecule has 10 nitrogen and oxygen atoms in total. The number of carbonyl (C=O) groups is 3. The third-order valence-corrected chi connectivity index (χ3v) is 7.11. The molecule has 0 bridgehead atoms. The van der Waals surface area contributed by atoms with E-state index < -0.39 is 17.9 Å². The quantitative estimate of drug-likeness (QED) is 0.461. The van der Waals surface area contributed by atoms with E-state index in [-0.39, 0.29) is 24.2 Å². The molecule has 196 valence electrons. The number of H-pyrrole nitrogens is 1. The third kappa shape index (κ3) is 5.77. The number of aromatic amines is 1. The molecule has 0 aliphatic carbocycles. The van der Waals surface area contributed by atoms with Gasteiger partial charge in [-0.2, -0.15) is 5.26 Å². The predicted octanol–water partition coefficient (Wildman–Crippen LogP) is 2.52. The van der Waals surface area contributed by atoms with Crippen LogP contribution in [0.15, 0.2) is 29.4 Å². The van der Waals surface area contributed by atoms with Gasteiger partial charge < -0.3 is 25.0 Å². The zero-order chi connectivity index (χ0) is 26.5. The Morgan fingerprint density at radius 1 is 1.22 bits per heavy atom. The van der Waals surface area contributed by atoms with Crippen molar-refractivity contribution in [3.05, 3.63) is 30.0 Å². The fourth-order valence-electron chi connectivity index (χ4n) is 4.97. The van der Waals surface area contributed by atoms with Crippen molar-refractivity contribution >= 4 is 40.1 Å². The van der Waals surface area contributed by atoms with E-state index in [1.807, 2.05) is 36.2 Å². The number of anilines is 1. The molecule has 1 aromatic carbocycles. The Hall–Kier alpha value is -3.87. The fourth-order valence-corrected chi connectivity index (χ4v) is 4.97. The summed E-state index contributed by atoms with van der Waals surface area (Å²) in [5.74, 6) is -1.79. The van der Waals surface area contributed by atoms with E-state index in [2.05, 4.69) is 16.4 Å². The molecular weight excluding hydrogens is 470 g/mol. The summed E-state index contributed by atoms with van der Waals surface area (Å²) in [4.78, 5) is 52.0. The number of aryl methyl sites for hydroxylation is 1. The molecule has 2 saturated heterocycles. The number of nitrogens with one attached hydrogen (secondary N) is 2. The summed E-state index contributed by atoms with van der Waals surface area (Å²) in [5.41, 5.74) is 2.56. The Morgan fingerprint density at radius 2 is 1.95 bits per heavy atom. The van der Waals surface area contributed by atoms with Crippen LogP contribution in [0, 0.1) is 24.2 Å². The number of nitrogens with zero attached hydrogens (tertiary/aromatic N) is 5. The van der Waals surface area contributed by atoms with Gasteiger partial charge in [0.15, 0.2) is 5.92 Å². The van der Waals surface area contributed by atoms with Gasteiger partial charge in [-0.3, -0.25) is 19.4 Å². The van der Waals surface area contributed by atoms with Crippen LogP contribution in [0.2, 0.25) is 0 Å². The minimum atomic E-state index is -1.21. The van der Waals surface area contributed by atoms with Crippen LogP contribution in [0.3, 0.4) is 0 Å². The number of benzene rings is 1. The van der Waals surface area contributed by atoms with Gasteiger partial charge in [0.25, 0.3) is 0 Å². The lowest BCUT2D eigenvalue weighted by molar-refractivity contribution is -0.140. The van der Waals surface area contributed by atoms with E-state index in [0.29, 0.717) is 18.7 Å². The molecule has 0 saturated carbocycles. The molecule has 2 aliphatic rings. The summed E-state index contributed by atoms with van der Waals surface area (Å²) in [7, 11) is 3.17. The molecule has 0 spiro atoms. The number of hydrogen-bond donors (Lipinski definition) is 2. The van der Waals surface area contributed by atoms with Gasteiger partial charge in [0.1, 0.15) is 11.9 Å². The topological polar surface area (TPSA) is 125 Å². The smallest absolute Gasteiger partial charge is 0.247 e. The predicted molar refractivity (Wildman–Crippen MR) is 142 cm³/mol. The highest BCUT2D eigenvalue weighted by molar-refractivity contribution is 6.14. The van der Waals surface area contributed by atoms with E-state index in [9.17, 15) is 19.6 Å². The highest BCUT2D eigenvalue weighted by Gasteiger charge is 2.33. The summed E-state index contributed by atoms with van der Waals surface area (Å²) in [6.07, 6.45) is 5.88. The van der Waals surface area contributed by atoms with Crippen molar-refractivity contribution in [2.24, 2.45) is 10.9 Å². The van der Waals surface area contributed by atoms with E-state index in [4.69, 9.17) is 4.99 Å². The van der Waals surface area contributed by atoms with Crippen molar-refractivity contribution in [2.45, 2.75) is 45.1 Å². The Kier molecular flexibility index (Phi) is 8.11. The number of rotatable bonds is 6. The third-order valence-electron chi connectivity index (χ3n) is 7.11. The highest BCUT2D eigenvalue weighted by atomic mass is 16.2. The second-order valence-corrected chi connectivity index (χ2v) is 9.99. The lowest BCUT2D eigenvalue weighted by Gasteiger charge is -2.26. The number of amidine groups is 1. The number of amides is 3. The maximum absolute atomic E-state index is 13.6. The van der Waals surface area contributed by atoms with Crippen LogP contribution in [0.5, 0.6) is 0 Å². The molecule has 2 N–H and O–H groups in total. The van der Waals surface area contributed by atoms with Crippen LogP contribution in [-0.2, 0) is 14.4 Å². The van der Waals surface area contributed by atoms with Crippen molar-refractivity contribution < 1.29 is 14.4 Å². The first-order chi connectivity index (χ1) is 17.8. The first kappa shape index (κ1) is 26.2. The average Bonchev–Trinajstić information content (AvgIpc) is 3.52. The molecule has 2 aliphatic heterocycles. The second kappa shape index (κ2) is 11.5. The van der Waals surface area contributed by atoms with Gasteiger partial charge in [0, 0.05) is 45.3 Å². The number of likely N-dealkylation sites (tertiary alicyclic amines) is 2. The second-order valence-electron chi connectivity index (χ2n) is 9.99.